The molecule has 0 aliphatic carbocycles. The Balaban J connectivity index is 2.96. The zero-order valence-corrected chi connectivity index (χ0v) is 7.02. The lowest BCUT2D eigenvalue weighted by Gasteiger charge is -1.92. The van der Waals surface area contributed by atoms with E-state index in [1.54, 1.807) is 6.07 Å². The van der Waals surface area contributed by atoms with Gasteiger partial charge in [0.05, 0.1) is 11.8 Å². The molecule has 0 aliphatic rings. The minimum atomic E-state index is -0.301. The highest BCUT2D eigenvalue weighted by atomic mass is 79.9. The Kier molecular flexibility index (Phi) is 1.42. The second-order valence-corrected chi connectivity index (χ2v) is 3.01. The lowest BCUT2D eigenvalue weighted by Crippen LogP contribution is -1.77. The largest absolute Gasteiger partial charge is 0.344 e. The van der Waals surface area contributed by atoms with Gasteiger partial charge in [0, 0.05) is 4.47 Å². The van der Waals surface area contributed by atoms with E-state index in [1.165, 1.54) is 12.4 Å². The predicted octanol–water partition coefficient (Wildman–Crippen LogP) is 2.46. The van der Waals surface area contributed by atoms with E-state index >= 15 is 0 Å². The minimum absolute atomic E-state index is 0.301. The van der Waals surface area contributed by atoms with Crippen molar-refractivity contribution in [3.05, 3.63) is 28.7 Å². The summed E-state index contributed by atoms with van der Waals surface area (Å²) in [6.45, 7) is 0. The average Bonchev–Trinajstić information content (AvgIpc) is 2.45. The molecule has 1 heterocycles. The Hall–Kier alpha value is -0.900. The standard InChI is InChI=1S/C7H4BrFN2/c8-4-1-2-5(9)7-6(4)10-3-11-7/h1-3H,(H,10,11). The maximum absolute atomic E-state index is 12.9. The lowest BCUT2D eigenvalue weighted by atomic mass is 10.3. The fourth-order valence-electron chi connectivity index (χ4n) is 0.966. The quantitative estimate of drug-likeness (QED) is 0.718. The van der Waals surface area contributed by atoms with Gasteiger partial charge < -0.3 is 4.98 Å². The van der Waals surface area contributed by atoms with Crippen LogP contribution in [0.2, 0.25) is 0 Å². The van der Waals surface area contributed by atoms with Gasteiger partial charge in [-0.3, -0.25) is 0 Å². The second kappa shape index (κ2) is 2.30. The monoisotopic (exact) mass is 214 g/mol. The van der Waals surface area contributed by atoms with Crippen LogP contribution in [0.4, 0.5) is 4.39 Å². The smallest absolute Gasteiger partial charge is 0.151 e. The molecule has 0 bridgehead atoms. The van der Waals surface area contributed by atoms with Crippen molar-refractivity contribution >= 4 is 27.0 Å². The molecule has 56 valence electrons. The summed E-state index contributed by atoms with van der Waals surface area (Å²) in [5.41, 5.74) is 1.07. The van der Waals surface area contributed by atoms with Gasteiger partial charge in [-0.1, -0.05) is 0 Å². The molecule has 0 unspecified atom stereocenters. The van der Waals surface area contributed by atoms with Gasteiger partial charge in [0.2, 0.25) is 0 Å². The van der Waals surface area contributed by atoms with E-state index in [0.29, 0.717) is 11.0 Å². The fraction of sp³-hybridized carbons (Fsp3) is 0. The average molecular weight is 215 g/mol. The summed E-state index contributed by atoms with van der Waals surface area (Å²) in [6, 6.07) is 3.03. The van der Waals surface area contributed by atoms with E-state index in [4.69, 9.17) is 0 Å². The van der Waals surface area contributed by atoms with Gasteiger partial charge >= 0.3 is 0 Å². The third-order valence-electron chi connectivity index (χ3n) is 1.48. The third kappa shape index (κ3) is 0.939. The molecule has 0 saturated carbocycles. The number of imidazole rings is 1. The van der Waals surface area contributed by atoms with Crippen LogP contribution in [-0.2, 0) is 0 Å². The summed E-state index contributed by atoms with van der Waals surface area (Å²) in [7, 11) is 0. The third-order valence-corrected chi connectivity index (χ3v) is 2.14. The Morgan fingerprint density at radius 1 is 1.45 bits per heavy atom. The van der Waals surface area contributed by atoms with Crippen LogP contribution in [0.15, 0.2) is 22.9 Å². The molecule has 2 aromatic rings. The van der Waals surface area contributed by atoms with Crippen molar-refractivity contribution in [3.8, 4) is 0 Å². The molecule has 0 atom stereocenters. The van der Waals surface area contributed by atoms with Crippen LogP contribution in [0, 0.1) is 5.82 Å². The summed E-state index contributed by atoms with van der Waals surface area (Å²) in [4.78, 5) is 6.65. The maximum atomic E-state index is 12.9. The second-order valence-electron chi connectivity index (χ2n) is 2.16. The molecule has 0 aliphatic heterocycles. The highest BCUT2D eigenvalue weighted by molar-refractivity contribution is 9.10. The number of rotatable bonds is 0. The first-order valence-corrected chi connectivity index (χ1v) is 3.85. The highest BCUT2D eigenvalue weighted by Gasteiger charge is 2.04. The molecule has 1 aromatic heterocycles. The Morgan fingerprint density at radius 3 is 3.00 bits per heavy atom. The van der Waals surface area contributed by atoms with Crippen LogP contribution < -0.4 is 0 Å². The first-order valence-electron chi connectivity index (χ1n) is 3.06. The highest BCUT2D eigenvalue weighted by Crippen LogP contribution is 2.22. The van der Waals surface area contributed by atoms with E-state index < -0.39 is 0 Å². The molecule has 2 rings (SSSR count). The van der Waals surface area contributed by atoms with Gasteiger partial charge in [-0.15, -0.1) is 0 Å². The molecule has 11 heavy (non-hydrogen) atoms. The topological polar surface area (TPSA) is 28.7 Å². The van der Waals surface area contributed by atoms with Gasteiger partial charge in [0.15, 0.2) is 5.82 Å². The Labute approximate surface area is 70.6 Å². The Morgan fingerprint density at radius 2 is 2.27 bits per heavy atom. The number of hydrogen-bond acceptors (Lipinski definition) is 1. The fourth-order valence-corrected chi connectivity index (χ4v) is 1.40. The van der Waals surface area contributed by atoms with E-state index in [1.807, 2.05) is 0 Å². The normalized spacial score (nSPS) is 10.7. The van der Waals surface area contributed by atoms with Crippen LogP contribution in [0.1, 0.15) is 0 Å². The van der Waals surface area contributed by atoms with Crippen molar-refractivity contribution in [2.45, 2.75) is 0 Å². The minimum Gasteiger partial charge on any atom is -0.344 e. The van der Waals surface area contributed by atoms with Gasteiger partial charge in [-0.2, -0.15) is 0 Å². The number of hydrogen-bond donors (Lipinski definition) is 1. The summed E-state index contributed by atoms with van der Waals surface area (Å²) in [5.74, 6) is -0.301. The van der Waals surface area contributed by atoms with Crippen LogP contribution in [0.3, 0.4) is 0 Å². The summed E-state index contributed by atoms with van der Waals surface area (Å²) in [5, 5.41) is 0. The van der Waals surface area contributed by atoms with E-state index in [2.05, 4.69) is 25.9 Å². The van der Waals surface area contributed by atoms with Crippen molar-refractivity contribution in [2.75, 3.05) is 0 Å². The SMILES string of the molecule is Fc1ccc(Br)c2[nH]cnc12. The predicted molar refractivity (Wildman–Crippen MR) is 43.8 cm³/mol. The number of nitrogens with one attached hydrogen (secondary N) is 1. The molecule has 0 radical (unpaired) electrons. The first kappa shape index (κ1) is 6.79. The summed E-state index contributed by atoms with van der Waals surface area (Å²) in [6.07, 6.45) is 1.47. The zero-order chi connectivity index (χ0) is 7.84. The van der Waals surface area contributed by atoms with Crippen molar-refractivity contribution in [1.82, 2.24) is 9.97 Å². The molecule has 1 aromatic carbocycles. The number of aromatic nitrogens is 2. The number of nitrogens with zero attached hydrogens (tertiary/aromatic N) is 1. The number of fused-ring (bicyclic) bond motifs is 1. The van der Waals surface area contributed by atoms with Crippen LogP contribution in [0.25, 0.3) is 11.0 Å². The van der Waals surface area contributed by atoms with E-state index in [0.717, 1.165) is 4.47 Å². The molecule has 0 spiro atoms. The van der Waals surface area contributed by atoms with Crippen LogP contribution in [-0.4, -0.2) is 9.97 Å². The molecule has 1 N–H and O–H groups in total. The number of halogens is 2. The molecule has 2 nitrogen and oxygen atoms in total. The molecule has 0 amide bonds. The van der Waals surface area contributed by atoms with E-state index in [9.17, 15) is 4.39 Å². The van der Waals surface area contributed by atoms with Crippen LogP contribution >= 0.6 is 15.9 Å². The summed E-state index contributed by atoms with van der Waals surface area (Å²) < 4.78 is 13.7. The maximum Gasteiger partial charge on any atom is 0.151 e. The van der Waals surface area contributed by atoms with Gasteiger partial charge in [-0.05, 0) is 28.1 Å². The van der Waals surface area contributed by atoms with Gasteiger partial charge in [-0.25, -0.2) is 9.37 Å². The molecule has 4 heteroatoms. The zero-order valence-electron chi connectivity index (χ0n) is 5.44. The molecular weight excluding hydrogens is 211 g/mol. The van der Waals surface area contributed by atoms with Crippen molar-refractivity contribution in [2.24, 2.45) is 0 Å². The number of aromatic amines is 1. The number of H-pyrrole nitrogens is 1. The molecular formula is C7H4BrFN2. The van der Waals surface area contributed by atoms with E-state index in [-0.39, 0.29) is 5.82 Å². The van der Waals surface area contributed by atoms with Gasteiger partial charge in [0.1, 0.15) is 5.52 Å². The molecule has 0 fully saturated rings. The Bertz CT molecular complexity index is 360. The lowest BCUT2D eigenvalue weighted by molar-refractivity contribution is 0.637. The first-order chi connectivity index (χ1) is 5.29. The van der Waals surface area contributed by atoms with Crippen molar-refractivity contribution in [1.29, 1.82) is 0 Å². The van der Waals surface area contributed by atoms with Crippen LogP contribution in [0.5, 0.6) is 0 Å². The van der Waals surface area contributed by atoms with Crippen molar-refractivity contribution < 1.29 is 4.39 Å². The number of benzene rings is 1. The molecule has 0 saturated heterocycles. The van der Waals surface area contributed by atoms with Crippen molar-refractivity contribution in [3.63, 3.8) is 0 Å². The van der Waals surface area contributed by atoms with Gasteiger partial charge in [0.25, 0.3) is 0 Å². The summed E-state index contributed by atoms with van der Waals surface area (Å²) >= 11 is 3.27.